The third-order valence-electron chi connectivity index (χ3n) is 3.35. The molecule has 0 bridgehead atoms. The molecular formula is C14H18IN5. The number of halogens is 1. The van der Waals surface area contributed by atoms with Gasteiger partial charge < -0.3 is 5.32 Å². The van der Waals surface area contributed by atoms with Crippen molar-refractivity contribution in [1.82, 2.24) is 19.7 Å². The highest BCUT2D eigenvalue weighted by Gasteiger charge is 2.29. The summed E-state index contributed by atoms with van der Waals surface area (Å²) in [6.45, 7) is 3.09. The van der Waals surface area contributed by atoms with Gasteiger partial charge in [0.05, 0.1) is 21.0 Å². The molecule has 2 aromatic heterocycles. The van der Waals surface area contributed by atoms with E-state index in [-0.39, 0.29) is 0 Å². The Morgan fingerprint density at radius 2 is 2.20 bits per heavy atom. The van der Waals surface area contributed by atoms with Crippen molar-refractivity contribution < 1.29 is 0 Å². The second kappa shape index (κ2) is 5.67. The minimum absolute atomic E-state index is 0.613. The molecule has 2 aromatic rings. The van der Waals surface area contributed by atoms with Crippen LogP contribution in [0.3, 0.4) is 0 Å². The summed E-state index contributed by atoms with van der Waals surface area (Å²) in [6.07, 6.45) is 7.35. The Bertz CT molecular complexity index is 618. The standard InChI is InChI=1S/C14H18IN5/c1-3-6-16-14-11(15)12(9-4-5-9)18-13(19-14)10-7-17-20(2)8-10/h7-9H,3-6H2,1-2H3,(H,16,18,19). The molecule has 20 heavy (non-hydrogen) atoms. The predicted octanol–water partition coefficient (Wildman–Crippen LogP) is 3.18. The van der Waals surface area contributed by atoms with Gasteiger partial charge in [0.25, 0.3) is 0 Å². The van der Waals surface area contributed by atoms with Crippen LogP contribution >= 0.6 is 22.6 Å². The molecule has 106 valence electrons. The van der Waals surface area contributed by atoms with Crippen LogP contribution in [-0.4, -0.2) is 26.3 Å². The summed E-state index contributed by atoms with van der Waals surface area (Å²) in [5.41, 5.74) is 2.17. The molecule has 0 spiro atoms. The van der Waals surface area contributed by atoms with Crippen LogP contribution in [0.2, 0.25) is 0 Å². The van der Waals surface area contributed by atoms with Gasteiger partial charge in [0.15, 0.2) is 5.82 Å². The monoisotopic (exact) mass is 383 g/mol. The molecule has 0 atom stereocenters. The SMILES string of the molecule is CCCNc1nc(-c2cnn(C)c2)nc(C2CC2)c1I. The van der Waals surface area contributed by atoms with Crippen LogP contribution in [0.5, 0.6) is 0 Å². The molecule has 1 saturated carbocycles. The fourth-order valence-corrected chi connectivity index (χ4v) is 2.99. The number of rotatable bonds is 5. The molecule has 1 fully saturated rings. The zero-order valence-electron chi connectivity index (χ0n) is 11.7. The van der Waals surface area contributed by atoms with E-state index in [9.17, 15) is 0 Å². The van der Waals surface area contributed by atoms with Gasteiger partial charge in [0, 0.05) is 25.7 Å². The van der Waals surface area contributed by atoms with Crippen molar-refractivity contribution in [2.75, 3.05) is 11.9 Å². The van der Waals surface area contributed by atoms with Crippen LogP contribution in [0.4, 0.5) is 5.82 Å². The van der Waals surface area contributed by atoms with Crippen LogP contribution < -0.4 is 5.32 Å². The van der Waals surface area contributed by atoms with Crippen molar-refractivity contribution >= 4 is 28.4 Å². The minimum Gasteiger partial charge on any atom is -0.369 e. The van der Waals surface area contributed by atoms with E-state index < -0.39 is 0 Å². The average molecular weight is 383 g/mol. The Kier molecular flexibility index (Phi) is 3.91. The molecule has 0 aliphatic heterocycles. The van der Waals surface area contributed by atoms with Gasteiger partial charge in [-0.1, -0.05) is 6.92 Å². The number of aryl methyl sites for hydroxylation is 1. The average Bonchev–Trinajstić information content (AvgIpc) is 3.19. The van der Waals surface area contributed by atoms with Gasteiger partial charge in [-0.2, -0.15) is 5.10 Å². The molecule has 0 aromatic carbocycles. The quantitative estimate of drug-likeness (QED) is 0.806. The zero-order chi connectivity index (χ0) is 14.1. The normalized spacial score (nSPS) is 14.6. The molecule has 0 radical (unpaired) electrons. The van der Waals surface area contributed by atoms with Gasteiger partial charge in [-0.25, -0.2) is 9.97 Å². The van der Waals surface area contributed by atoms with Crippen molar-refractivity contribution in [2.24, 2.45) is 7.05 Å². The van der Waals surface area contributed by atoms with E-state index in [4.69, 9.17) is 4.98 Å². The first kappa shape index (κ1) is 13.8. The van der Waals surface area contributed by atoms with Crippen molar-refractivity contribution in [3.8, 4) is 11.4 Å². The number of hydrogen-bond acceptors (Lipinski definition) is 4. The van der Waals surface area contributed by atoms with E-state index in [1.165, 1.54) is 22.1 Å². The summed E-state index contributed by atoms with van der Waals surface area (Å²) >= 11 is 2.37. The van der Waals surface area contributed by atoms with Crippen LogP contribution in [0.15, 0.2) is 12.4 Å². The second-order valence-corrected chi connectivity index (χ2v) is 6.28. The highest BCUT2D eigenvalue weighted by atomic mass is 127. The number of nitrogens with one attached hydrogen (secondary N) is 1. The molecule has 1 aliphatic rings. The van der Waals surface area contributed by atoms with Crippen LogP contribution in [0, 0.1) is 3.57 Å². The Labute approximate surface area is 132 Å². The van der Waals surface area contributed by atoms with Gasteiger partial charge in [-0.3, -0.25) is 4.68 Å². The third kappa shape index (κ3) is 2.79. The lowest BCUT2D eigenvalue weighted by atomic mass is 10.2. The lowest BCUT2D eigenvalue weighted by Gasteiger charge is -2.11. The predicted molar refractivity (Wildman–Crippen MR) is 87.7 cm³/mol. The summed E-state index contributed by atoms with van der Waals surface area (Å²) in [5, 5.41) is 7.63. The highest BCUT2D eigenvalue weighted by Crippen LogP contribution is 2.42. The Hall–Kier alpha value is -1.18. The molecule has 6 heteroatoms. The number of aromatic nitrogens is 4. The van der Waals surface area contributed by atoms with E-state index in [1.54, 1.807) is 4.68 Å². The minimum atomic E-state index is 0.613. The van der Waals surface area contributed by atoms with Gasteiger partial charge in [0.2, 0.25) is 0 Å². The van der Waals surface area contributed by atoms with Crippen molar-refractivity contribution in [3.63, 3.8) is 0 Å². The highest BCUT2D eigenvalue weighted by molar-refractivity contribution is 14.1. The van der Waals surface area contributed by atoms with E-state index in [0.29, 0.717) is 5.92 Å². The first-order chi connectivity index (χ1) is 9.69. The number of nitrogens with zero attached hydrogens (tertiary/aromatic N) is 4. The fraction of sp³-hybridized carbons (Fsp3) is 0.500. The Morgan fingerprint density at radius 3 is 2.80 bits per heavy atom. The molecule has 5 nitrogen and oxygen atoms in total. The Morgan fingerprint density at radius 1 is 1.40 bits per heavy atom. The maximum absolute atomic E-state index is 4.77. The van der Waals surface area contributed by atoms with Crippen molar-refractivity contribution in [3.05, 3.63) is 21.7 Å². The molecule has 2 heterocycles. The molecular weight excluding hydrogens is 365 g/mol. The number of hydrogen-bond donors (Lipinski definition) is 1. The van der Waals surface area contributed by atoms with E-state index in [0.717, 1.165) is 30.2 Å². The topological polar surface area (TPSA) is 55.6 Å². The Balaban J connectivity index is 2.03. The van der Waals surface area contributed by atoms with Gasteiger partial charge >= 0.3 is 0 Å². The van der Waals surface area contributed by atoms with Crippen LogP contribution in [-0.2, 0) is 7.05 Å². The van der Waals surface area contributed by atoms with Crippen molar-refractivity contribution in [2.45, 2.75) is 32.1 Å². The lowest BCUT2D eigenvalue weighted by Crippen LogP contribution is -2.08. The van der Waals surface area contributed by atoms with Crippen LogP contribution in [0.25, 0.3) is 11.4 Å². The van der Waals surface area contributed by atoms with Crippen LogP contribution in [0.1, 0.15) is 37.8 Å². The van der Waals surface area contributed by atoms with E-state index >= 15 is 0 Å². The molecule has 1 aliphatic carbocycles. The van der Waals surface area contributed by atoms with Gasteiger partial charge in [0.1, 0.15) is 5.82 Å². The lowest BCUT2D eigenvalue weighted by molar-refractivity contribution is 0.768. The summed E-state index contributed by atoms with van der Waals surface area (Å²) in [6, 6.07) is 0. The second-order valence-electron chi connectivity index (χ2n) is 5.20. The summed E-state index contributed by atoms with van der Waals surface area (Å²) in [4.78, 5) is 9.46. The van der Waals surface area contributed by atoms with E-state index in [1.807, 2.05) is 19.4 Å². The maximum Gasteiger partial charge on any atom is 0.165 e. The van der Waals surface area contributed by atoms with Crippen molar-refractivity contribution in [1.29, 1.82) is 0 Å². The summed E-state index contributed by atoms with van der Waals surface area (Å²) in [7, 11) is 1.91. The number of anilines is 1. The molecule has 3 rings (SSSR count). The summed E-state index contributed by atoms with van der Waals surface area (Å²) < 4.78 is 2.96. The maximum atomic E-state index is 4.77. The molecule has 1 N–H and O–H groups in total. The third-order valence-corrected chi connectivity index (χ3v) is 4.41. The van der Waals surface area contributed by atoms with E-state index in [2.05, 4.69) is 44.9 Å². The van der Waals surface area contributed by atoms with Gasteiger partial charge in [-0.15, -0.1) is 0 Å². The molecule has 0 amide bonds. The first-order valence-electron chi connectivity index (χ1n) is 6.99. The largest absolute Gasteiger partial charge is 0.369 e. The fourth-order valence-electron chi connectivity index (χ4n) is 2.12. The first-order valence-corrected chi connectivity index (χ1v) is 8.07. The molecule has 0 unspecified atom stereocenters. The smallest absolute Gasteiger partial charge is 0.165 e. The summed E-state index contributed by atoms with van der Waals surface area (Å²) in [5.74, 6) is 2.35. The molecule has 0 saturated heterocycles. The zero-order valence-corrected chi connectivity index (χ0v) is 13.9. The van der Waals surface area contributed by atoms with Gasteiger partial charge in [-0.05, 0) is 41.9 Å².